The Balaban J connectivity index is 1.27. The molecule has 1 saturated heterocycles. The molecule has 24 heavy (non-hydrogen) atoms. The van der Waals surface area contributed by atoms with Gasteiger partial charge < -0.3 is 4.90 Å². The Morgan fingerprint density at radius 1 is 0.917 bits per heavy atom. The second-order valence-corrected chi connectivity index (χ2v) is 11.3. The predicted molar refractivity (Wildman–Crippen MR) is 99.2 cm³/mol. The molecule has 6 aliphatic rings. The van der Waals surface area contributed by atoms with Crippen LogP contribution in [-0.2, 0) is 4.79 Å². The van der Waals surface area contributed by atoms with Gasteiger partial charge in [0, 0.05) is 36.5 Å². The van der Waals surface area contributed by atoms with Gasteiger partial charge in [0.15, 0.2) is 0 Å². The smallest absolute Gasteiger partial charge is 0.228 e. The zero-order valence-corrected chi connectivity index (χ0v) is 16.4. The van der Waals surface area contributed by atoms with Crippen LogP contribution in [0.4, 0.5) is 0 Å². The van der Waals surface area contributed by atoms with E-state index in [0.717, 1.165) is 50.5 Å². The Morgan fingerprint density at radius 2 is 1.54 bits per heavy atom. The number of halogens is 1. The fourth-order valence-corrected chi connectivity index (χ4v) is 8.75. The third-order valence-corrected chi connectivity index (χ3v) is 8.81. The fraction of sp³-hybridized carbons (Fsp3) is 0.950. The lowest BCUT2D eigenvalue weighted by atomic mass is 9.49. The highest BCUT2D eigenvalue weighted by Crippen LogP contribution is 2.64. The largest absolute Gasteiger partial charge is 0.340 e. The molecule has 5 saturated carbocycles. The van der Waals surface area contributed by atoms with Crippen LogP contribution >= 0.6 is 15.9 Å². The number of amides is 1. The number of carbonyl (C=O) groups excluding carboxylic acids is 1. The Bertz CT molecular complexity index is 508. The highest BCUT2D eigenvalue weighted by Gasteiger charge is 2.60. The van der Waals surface area contributed by atoms with Gasteiger partial charge in [-0.15, -0.1) is 0 Å². The van der Waals surface area contributed by atoms with Gasteiger partial charge in [0.05, 0.1) is 5.41 Å². The Hall–Kier alpha value is -0.0900. The molecule has 0 spiro atoms. The summed E-state index contributed by atoms with van der Waals surface area (Å²) in [5.41, 5.74) is -0.0108. The van der Waals surface area contributed by atoms with E-state index in [1.54, 1.807) is 0 Å². The molecule has 0 aromatic rings. The standard InChI is InChI=1S/C20H31BrN2O/c21-20-12-15-9-16(13-20)11-19(10-15,14-20)18(24)23-7-5-22(6-8-23)17-3-1-2-4-17/h15-17H,1-14H2. The first-order valence-corrected chi connectivity index (χ1v) is 11.1. The molecule has 0 N–H and O–H groups in total. The quantitative estimate of drug-likeness (QED) is 0.664. The first-order valence-electron chi connectivity index (χ1n) is 10.3. The van der Waals surface area contributed by atoms with Crippen molar-refractivity contribution < 1.29 is 4.79 Å². The van der Waals surface area contributed by atoms with E-state index < -0.39 is 0 Å². The first kappa shape index (κ1) is 16.1. The molecule has 6 fully saturated rings. The number of piperazine rings is 1. The van der Waals surface area contributed by atoms with E-state index in [4.69, 9.17) is 0 Å². The molecule has 4 heteroatoms. The third-order valence-electron chi connectivity index (χ3n) is 7.89. The van der Waals surface area contributed by atoms with Crippen LogP contribution in [0.15, 0.2) is 0 Å². The van der Waals surface area contributed by atoms with Gasteiger partial charge in [0.2, 0.25) is 5.91 Å². The Kier molecular flexibility index (Phi) is 3.83. The van der Waals surface area contributed by atoms with E-state index in [0.29, 0.717) is 10.2 Å². The minimum absolute atomic E-state index is 0.0108. The fourth-order valence-electron chi connectivity index (χ4n) is 7.30. The molecule has 4 bridgehead atoms. The van der Waals surface area contributed by atoms with Crippen molar-refractivity contribution in [3.05, 3.63) is 0 Å². The minimum Gasteiger partial charge on any atom is -0.340 e. The SMILES string of the molecule is O=C(N1CCN(C2CCCC2)CC1)C12CC3CC(CC(Br)(C3)C1)C2. The summed E-state index contributed by atoms with van der Waals surface area (Å²) >= 11 is 4.06. The first-order chi connectivity index (χ1) is 11.6. The topological polar surface area (TPSA) is 23.6 Å². The summed E-state index contributed by atoms with van der Waals surface area (Å²) in [4.78, 5) is 18.4. The van der Waals surface area contributed by atoms with Crippen LogP contribution in [0.3, 0.4) is 0 Å². The van der Waals surface area contributed by atoms with Gasteiger partial charge in [-0.1, -0.05) is 28.8 Å². The molecule has 2 unspecified atom stereocenters. The van der Waals surface area contributed by atoms with Crippen LogP contribution in [0.2, 0.25) is 0 Å². The summed E-state index contributed by atoms with van der Waals surface area (Å²) in [7, 11) is 0. The number of rotatable bonds is 2. The molecule has 2 atom stereocenters. The van der Waals surface area contributed by atoms with Gasteiger partial charge >= 0.3 is 0 Å². The number of hydrogen-bond acceptors (Lipinski definition) is 2. The summed E-state index contributed by atoms with van der Waals surface area (Å²) in [6.07, 6.45) is 13.1. The van der Waals surface area contributed by atoms with Gasteiger partial charge in [0.1, 0.15) is 0 Å². The molecule has 1 heterocycles. The summed E-state index contributed by atoms with van der Waals surface area (Å²) in [6, 6.07) is 0.813. The van der Waals surface area contributed by atoms with Crippen molar-refractivity contribution in [2.24, 2.45) is 17.3 Å². The van der Waals surface area contributed by atoms with Crippen LogP contribution in [0, 0.1) is 17.3 Å². The molecule has 1 aliphatic heterocycles. The average molecular weight is 395 g/mol. The molecule has 0 aromatic carbocycles. The van der Waals surface area contributed by atoms with Crippen molar-refractivity contribution in [1.29, 1.82) is 0 Å². The molecule has 5 aliphatic carbocycles. The maximum atomic E-state index is 13.5. The van der Waals surface area contributed by atoms with Crippen molar-refractivity contribution in [2.75, 3.05) is 26.2 Å². The van der Waals surface area contributed by atoms with Crippen molar-refractivity contribution >= 4 is 21.8 Å². The number of hydrogen-bond donors (Lipinski definition) is 0. The molecular formula is C20H31BrN2O. The van der Waals surface area contributed by atoms with E-state index in [1.165, 1.54) is 57.8 Å². The normalized spacial score (nSPS) is 46.0. The number of carbonyl (C=O) groups is 1. The third kappa shape index (κ3) is 2.58. The summed E-state index contributed by atoms with van der Waals surface area (Å²) < 4.78 is 0.290. The summed E-state index contributed by atoms with van der Waals surface area (Å²) in [6.45, 7) is 4.17. The summed E-state index contributed by atoms with van der Waals surface area (Å²) in [5, 5.41) is 0. The Morgan fingerprint density at radius 3 is 2.12 bits per heavy atom. The molecular weight excluding hydrogens is 364 g/mol. The second-order valence-electron chi connectivity index (χ2n) is 9.66. The van der Waals surface area contributed by atoms with Crippen LogP contribution in [0.5, 0.6) is 0 Å². The average Bonchev–Trinajstić information content (AvgIpc) is 3.06. The van der Waals surface area contributed by atoms with E-state index in [9.17, 15) is 4.79 Å². The van der Waals surface area contributed by atoms with Gasteiger partial charge in [-0.25, -0.2) is 0 Å². The number of nitrogens with zero attached hydrogens (tertiary/aromatic N) is 2. The van der Waals surface area contributed by atoms with Crippen LogP contribution in [-0.4, -0.2) is 52.3 Å². The van der Waals surface area contributed by atoms with Crippen molar-refractivity contribution in [1.82, 2.24) is 9.80 Å². The minimum atomic E-state index is -0.0108. The van der Waals surface area contributed by atoms with Crippen LogP contribution in [0.1, 0.15) is 64.2 Å². The number of alkyl halides is 1. The predicted octanol–water partition coefficient (Wildman–Crippen LogP) is 3.81. The van der Waals surface area contributed by atoms with Crippen molar-refractivity contribution in [3.63, 3.8) is 0 Å². The zero-order valence-electron chi connectivity index (χ0n) is 14.8. The maximum absolute atomic E-state index is 13.5. The lowest BCUT2D eigenvalue weighted by Gasteiger charge is -2.60. The second kappa shape index (κ2) is 5.70. The van der Waals surface area contributed by atoms with Crippen molar-refractivity contribution in [3.8, 4) is 0 Å². The van der Waals surface area contributed by atoms with E-state index in [1.807, 2.05) is 0 Å². The van der Waals surface area contributed by atoms with E-state index in [2.05, 4.69) is 25.7 Å². The van der Waals surface area contributed by atoms with Gasteiger partial charge in [-0.05, 0) is 63.2 Å². The van der Waals surface area contributed by atoms with Crippen LogP contribution < -0.4 is 0 Å². The lowest BCUT2D eigenvalue weighted by molar-refractivity contribution is -0.157. The highest BCUT2D eigenvalue weighted by molar-refractivity contribution is 9.10. The van der Waals surface area contributed by atoms with Gasteiger partial charge in [0.25, 0.3) is 0 Å². The van der Waals surface area contributed by atoms with E-state index >= 15 is 0 Å². The molecule has 1 amide bonds. The van der Waals surface area contributed by atoms with Crippen molar-refractivity contribution in [2.45, 2.75) is 74.6 Å². The highest BCUT2D eigenvalue weighted by atomic mass is 79.9. The van der Waals surface area contributed by atoms with Gasteiger partial charge in [-0.3, -0.25) is 9.69 Å². The van der Waals surface area contributed by atoms with Gasteiger partial charge in [-0.2, -0.15) is 0 Å². The Labute approximate surface area is 154 Å². The molecule has 0 aromatic heterocycles. The zero-order chi connectivity index (χ0) is 16.4. The molecule has 0 radical (unpaired) electrons. The van der Waals surface area contributed by atoms with Crippen LogP contribution in [0.25, 0.3) is 0 Å². The molecule has 3 nitrogen and oxygen atoms in total. The maximum Gasteiger partial charge on any atom is 0.228 e. The van der Waals surface area contributed by atoms with E-state index in [-0.39, 0.29) is 5.41 Å². The summed E-state index contributed by atoms with van der Waals surface area (Å²) in [5.74, 6) is 2.12. The lowest BCUT2D eigenvalue weighted by Crippen LogP contribution is -2.61. The molecule has 134 valence electrons. The monoisotopic (exact) mass is 394 g/mol. The molecule has 6 rings (SSSR count).